The number of hydrogen-bond donors (Lipinski definition) is 2. The Morgan fingerprint density at radius 2 is 1.67 bits per heavy atom. The Balaban J connectivity index is 1.69. The average molecular weight is 322 g/mol. The normalized spacial score (nSPS) is 33.3. The van der Waals surface area contributed by atoms with Crippen molar-refractivity contribution in [1.29, 1.82) is 0 Å². The van der Waals surface area contributed by atoms with Gasteiger partial charge in [0, 0.05) is 43.6 Å². The van der Waals surface area contributed by atoms with E-state index in [-0.39, 0.29) is 16.9 Å². The van der Waals surface area contributed by atoms with Crippen LogP contribution in [0.2, 0.25) is 0 Å². The fourth-order valence-corrected chi connectivity index (χ4v) is 4.76. The molecule has 0 spiro atoms. The Labute approximate surface area is 144 Å². The topological polar surface area (TPSA) is 35.5 Å². The molecule has 2 aromatic rings. The third-order valence-electron chi connectivity index (χ3n) is 5.84. The highest BCUT2D eigenvalue weighted by molar-refractivity contribution is 5.33. The van der Waals surface area contributed by atoms with E-state index in [0.29, 0.717) is 0 Å². The molecule has 24 heavy (non-hydrogen) atoms. The molecule has 3 atom stereocenters. The molecule has 3 nitrogen and oxygen atoms in total. The predicted octanol–water partition coefficient (Wildman–Crippen LogP) is 2.41. The maximum atomic E-state index is 11.3. The number of nitrogens with one attached hydrogen (secondary N) is 1. The summed E-state index contributed by atoms with van der Waals surface area (Å²) in [5.74, 6) is 0. The van der Waals surface area contributed by atoms with Crippen LogP contribution in [0.15, 0.2) is 60.7 Å². The molecule has 2 N–H and O–H groups in total. The van der Waals surface area contributed by atoms with Crippen molar-refractivity contribution in [2.24, 2.45) is 5.41 Å². The van der Waals surface area contributed by atoms with E-state index >= 15 is 0 Å². The van der Waals surface area contributed by atoms with E-state index in [1.165, 1.54) is 11.1 Å². The summed E-state index contributed by atoms with van der Waals surface area (Å²) < 4.78 is 0. The minimum absolute atomic E-state index is 0.124. The molecule has 2 bridgehead atoms. The third-order valence-corrected chi connectivity index (χ3v) is 5.84. The summed E-state index contributed by atoms with van der Waals surface area (Å²) in [6, 6.07) is 21.2. The largest absolute Gasteiger partial charge is 0.391 e. The van der Waals surface area contributed by atoms with Crippen LogP contribution in [0.25, 0.3) is 0 Å². The van der Waals surface area contributed by atoms with Gasteiger partial charge in [-0.15, -0.1) is 0 Å². The molecule has 2 heterocycles. The number of nitrogens with zero attached hydrogens (tertiary/aromatic N) is 1. The van der Waals surface area contributed by atoms with Crippen LogP contribution in [0.1, 0.15) is 18.1 Å². The minimum Gasteiger partial charge on any atom is -0.391 e. The smallest absolute Gasteiger partial charge is 0.0739 e. The van der Waals surface area contributed by atoms with Crippen molar-refractivity contribution in [3.05, 3.63) is 71.8 Å². The number of aliphatic hydroxyl groups is 1. The fourth-order valence-electron chi connectivity index (χ4n) is 4.76. The van der Waals surface area contributed by atoms with Gasteiger partial charge in [0.25, 0.3) is 0 Å². The molecule has 0 aromatic heterocycles. The van der Waals surface area contributed by atoms with E-state index in [9.17, 15) is 5.11 Å². The summed E-state index contributed by atoms with van der Waals surface area (Å²) in [4.78, 5) is 2.52. The van der Waals surface area contributed by atoms with E-state index in [2.05, 4.69) is 71.7 Å². The SMILES string of the molecule is C[C@]12CNC[C@@](c3ccccc3)(CN(Cc3ccccc3)C1)[C@H]2O. The van der Waals surface area contributed by atoms with E-state index in [1.807, 2.05) is 6.07 Å². The van der Waals surface area contributed by atoms with Gasteiger partial charge in [-0.05, 0) is 11.1 Å². The van der Waals surface area contributed by atoms with Gasteiger partial charge in [0.15, 0.2) is 0 Å². The summed E-state index contributed by atoms with van der Waals surface area (Å²) in [5.41, 5.74) is 2.23. The van der Waals surface area contributed by atoms with Crippen LogP contribution in [0, 0.1) is 5.41 Å². The number of piperidine rings is 2. The predicted molar refractivity (Wildman–Crippen MR) is 96.8 cm³/mol. The van der Waals surface area contributed by atoms with Gasteiger partial charge in [-0.3, -0.25) is 4.90 Å². The van der Waals surface area contributed by atoms with Crippen molar-refractivity contribution in [2.75, 3.05) is 26.2 Å². The van der Waals surface area contributed by atoms with E-state index in [1.54, 1.807) is 0 Å². The highest BCUT2D eigenvalue weighted by atomic mass is 16.3. The Morgan fingerprint density at radius 1 is 1.00 bits per heavy atom. The van der Waals surface area contributed by atoms with Gasteiger partial charge in [-0.1, -0.05) is 67.6 Å². The summed E-state index contributed by atoms with van der Waals surface area (Å²) in [5, 5.41) is 14.9. The Bertz CT molecular complexity index is 689. The number of benzene rings is 2. The van der Waals surface area contributed by atoms with Crippen molar-refractivity contribution in [1.82, 2.24) is 10.2 Å². The van der Waals surface area contributed by atoms with Gasteiger partial charge in [0.05, 0.1) is 6.10 Å². The number of fused-ring (bicyclic) bond motifs is 2. The summed E-state index contributed by atoms with van der Waals surface area (Å²) >= 11 is 0. The molecule has 126 valence electrons. The molecule has 3 heteroatoms. The zero-order valence-corrected chi connectivity index (χ0v) is 14.3. The second kappa shape index (κ2) is 5.99. The van der Waals surface area contributed by atoms with Crippen LogP contribution < -0.4 is 5.32 Å². The molecule has 0 saturated carbocycles. The third kappa shape index (κ3) is 2.57. The summed E-state index contributed by atoms with van der Waals surface area (Å²) in [6.45, 7) is 6.67. The highest BCUT2D eigenvalue weighted by Gasteiger charge is 2.56. The fraction of sp³-hybridized carbons (Fsp3) is 0.429. The van der Waals surface area contributed by atoms with Crippen molar-refractivity contribution < 1.29 is 5.11 Å². The minimum atomic E-state index is -0.319. The van der Waals surface area contributed by atoms with Gasteiger partial charge in [0.2, 0.25) is 0 Å². The molecule has 2 saturated heterocycles. The molecule has 2 aromatic carbocycles. The quantitative estimate of drug-likeness (QED) is 0.911. The lowest BCUT2D eigenvalue weighted by atomic mass is 9.60. The number of rotatable bonds is 3. The van der Waals surface area contributed by atoms with Crippen LogP contribution in [0.4, 0.5) is 0 Å². The van der Waals surface area contributed by atoms with Gasteiger partial charge in [0.1, 0.15) is 0 Å². The first-order chi connectivity index (χ1) is 11.6. The monoisotopic (exact) mass is 322 g/mol. The first-order valence-corrected chi connectivity index (χ1v) is 8.83. The highest BCUT2D eigenvalue weighted by Crippen LogP contribution is 2.45. The second-order valence-corrected chi connectivity index (χ2v) is 7.81. The molecule has 4 rings (SSSR count). The van der Waals surface area contributed by atoms with E-state index in [0.717, 1.165) is 32.7 Å². The maximum absolute atomic E-state index is 11.3. The van der Waals surface area contributed by atoms with Crippen LogP contribution in [0.5, 0.6) is 0 Å². The van der Waals surface area contributed by atoms with Crippen LogP contribution in [-0.2, 0) is 12.0 Å². The molecular formula is C21H26N2O. The molecule has 0 amide bonds. The Hall–Kier alpha value is -1.68. The first-order valence-electron chi connectivity index (χ1n) is 8.83. The lowest BCUT2D eigenvalue weighted by molar-refractivity contribution is -0.115. The maximum Gasteiger partial charge on any atom is 0.0739 e. The number of likely N-dealkylation sites (tertiary alicyclic amines) is 1. The van der Waals surface area contributed by atoms with Crippen molar-refractivity contribution in [3.8, 4) is 0 Å². The van der Waals surface area contributed by atoms with Crippen LogP contribution in [0.3, 0.4) is 0 Å². The van der Waals surface area contributed by atoms with Crippen molar-refractivity contribution >= 4 is 0 Å². The molecule has 2 aliphatic heterocycles. The van der Waals surface area contributed by atoms with Gasteiger partial charge >= 0.3 is 0 Å². The lowest BCUT2D eigenvalue weighted by Gasteiger charge is -2.58. The van der Waals surface area contributed by atoms with Crippen molar-refractivity contribution in [2.45, 2.75) is 25.0 Å². The van der Waals surface area contributed by atoms with E-state index < -0.39 is 0 Å². The second-order valence-electron chi connectivity index (χ2n) is 7.81. The Kier molecular flexibility index (Phi) is 3.95. The van der Waals surface area contributed by atoms with Crippen LogP contribution >= 0.6 is 0 Å². The first kappa shape index (κ1) is 15.8. The molecule has 2 fully saturated rings. The zero-order chi connectivity index (χ0) is 16.6. The average Bonchev–Trinajstić information content (AvgIpc) is 2.59. The standard InChI is InChI=1S/C21H26N2O/c1-20-13-22-14-21(19(20)24,18-10-6-3-7-11-18)16-23(15-20)12-17-8-4-2-5-9-17/h2-11,19,22,24H,12-16H2,1H3/t19-,20-,21-/m0/s1. The van der Waals surface area contributed by atoms with Crippen LogP contribution in [-0.4, -0.2) is 42.3 Å². The van der Waals surface area contributed by atoms with E-state index in [4.69, 9.17) is 0 Å². The molecule has 0 radical (unpaired) electrons. The molecular weight excluding hydrogens is 296 g/mol. The molecule has 0 aliphatic carbocycles. The summed E-state index contributed by atoms with van der Waals surface area (Å²) in [7, 11) is 0. The van der Waals surface area contributed by atoms with Gasteiger partial charge in [-0.25, -0.2) is 0 Å². The molecule has 2 aliphatic rings. The van der Waals surface area contributed by atoms with Crippen molar-refractivity contribution in [3.63, 3.8) is 0 Å². The molecule has 0 unspecified atom stereocenters. The zero-order valence-electron chi connectivity index (χ0n) is 14.3. The van der Waals surface area contributed by atoms with Gasteiger partial charge < -0.3 is 10.4 Å². The number of hydrogen-bond acceptors (Lipinski definition) is 3. The Morgan fingerprint density at radius 3 is 2.38 bits per heavy atom. The summed E-state index contributed by atoms with van der Waals surface area (Å²) in [6.07, 6.45) is -0.319. The lowest BCUT2D eigenvalue weighted by Crippen LogP contribution is -2.72. The number of aliphatic hydroxyl groups excluding tert-OH is 1. The van der Waals surface area contributed by atoms with Gasteiger partial charge in [-0.2, -0.15) is 0 Å².